The monoisotopic (exact) mass is 289 g/mol. The lowest BCUT2D eigenvalue weighted by molar-refractivity contribution is 0.478. The maximum Gasteiger partial charge on any atom is 0.263 e. The van der Waals surface area contributed by atoms with E-state index in [1.165, 1.54) is 25.0 Å². The van der Waals surface area contributed by atoms with Crippen molar-refractivity contribution >= 4 is 16.7 Å². The summed E-state index contributed by atoms with van der Waals surface area (Å²) in [6, 6.07) is 3.77. The van der Waals surface area contributed by atoms with Gasteiger partial charge in [-0.3, -0.25) is 9.79 Å². The van der Waals surface area contributed by atoms with Crippen molar-refractivity contribution in [1.29, 1.82) is 0 Å². The van der Waals surface area contributed by atoms with Gasteiger partial charge in [-0.15, -0.1) is 0 Å². The van der Waals surface area contributed by atoms with E-state index in [-0.39, 0.29) is 22.5 Å². The second-order valence-corrected chi connectivity index (χ2v) is 5.37. The van der Waals surface area contributed by atoms with E-state index in [2.05, 4.69) is 9.98 Å². The van der Waals surface area contributed by atoms with Gasteiger partial charge >= 0.3 is 0 Å². The van der Waals surface area contributed by atoms with Crippen LogP contribution in [0.4, 0.5) is 4.39 Å². The minimum absolute atomic E-state index is 0.0134. The summed E-state index contributed by atoms with van der Waals surface area (Å²) in [6.45, 7) is 0.524. The Labute approximate surface area is 120 Å². The van der Waals surface area contributed by atoms with Crippen LogP contribution in [-0.4, -0.2) is 22.5 Å². The zero-order valence-electron chi connectivity index (χ0n) is 11.4. The quantitative estimate of drug-likeness (QED) is 0.593. The van der Waals surface area contributed by atoms with Crippen LogP contribution in [-0.2, 0) is 0 Å². The fourth-order valence-corrected chi connectivity index (χ4v) is 2.34. The molecule has 0 aliphatic heterocycles. The molecule has 4 N–H and O–H groups in total. The van der Waals surface area contributed by atoms with Crippen LogP contribution in [0.1, 0.15) is 24.8 Å². The Hall–Kier alpha value is -2.37. The van der Waals surface area contributed by atoms with Gasteiger partial charge in [0.05, 0.1) is 5.52 Å². The number of rotatable bonds is 4. The number of pyridine rings is 1. The predicted octanol–water partition coefficient (Wildman–Crippen LogP) is 1.88. The molecule has 5 nitrogen and oxygen atoms in total. The molecule has 110 valence electrons. The van der Waals surface area contributed by atoms with Crippen molar-refractivity contribution < 1.29 is 9.50 Å². The Kier molecular flexibility index (Phi) is 3.37. The van der Waals surface area contributed by atoms with Gasteiger partial charge in [-0.2, -0.15) is 0 Å². The van der Waals surface area contributed by atoms with Crippen LogP contribution in [0.3, 0.4) is 0 Å². The first-order chi connectivity index (χ1) is 10.1. The van der Waals surface area contributed by atoms with Crippen LogP contribution in [0.5, 0.6) is 5.75 Å². The molecule has 21 heavy (non-hydrogen) atoms. The first kappa shape index (κ1) is 13.6. The van der Waals surface area contributed by atoms with E-state index >= 15 is 0 Å². The summed E-state index contributed by atoms with van der Waals surface area (Å²) >= 11 is 0. The van der Waals surface area contributed by atoms with E-state index in [0.717, 1.165) is 12.5 Å². The van der Waals surface area contributed by atoms with Crippen molar-refractivity contribution in [3.05, 3.63) is 39.9 Å². The molecule has 1 saturated carbocycles. The molecule has 0 spiro atoms. The van der Waals surface area contributed by atoms with E-state index in [9.17, 15) is 14.3 Å². The molecule has 1 fully saturated rings. The number of aliphatic imine (C=N–C) groups is 1. The predicted molar refractivity (Wildman–Crippen MR) is 79.1 cm³/mol. The highest BCUT2D eigenvalue weighted by Gasteiger charge is 2.20. The van der Waals surface area contributed by atoms with Gasteiger partial charge in [-0.1, -0.05) is 12.8 Å². The number of nitrogens with one attached hydrogen (secondary N) is 1. The number of halogens is 1. The lowest BCUT2D eigenvalue weighted by Crippen LogP contribution is -2.25. The van der Waals surface area contributed by atoms with Crippen LogP contribution in [0.15, 0.2) is 28.0 Å². The number of aromatic hydroxyl groups is 1. The minimum Gasteiger partial charge on any atom is -0.506 e. The minimum atomic E-state index is -0.528. The normalized spacial score (nSPS) is 15.6. The molecule has 3 rings (SSSR count). The molecular formula is C15H16FN3O2. The Balaban J connectivity index is 2.02. The van der Waals surface area contributed by atoms with Crippen molar-refractivity contribution in [3.8, 4) is 5.75 Å². The van der Waals surface area contributed by atoms with Gasteiger partial charge in [0.15, 0.2) is 0 Å². The fraction of sp³-hybridized carbons (Fsp3) is 0.333. The summed E-state index contributed by atoms with van der Waals surface area (Å²) in [7, 11) is 0. The molecule has 0 saturated heterocycles. The number of amidine groups is 1. The van der Waals surface area contributed by atoms with Crippen molar-refractivity contribution in [2.45, 2.75) is 19.3 Å². The van der Waals surface area contributed by atoms with E-state index < -0.39 is 11.4 Å². The molecule has 1 aliphatic carbocycles. The Morgan fingerprint density at radius 1 is 1.48 bits per heavy atom. The highest BCUT2D eigenvalue weighted by molar-refractivity contribution is 6.04. The van der Waals surface area contributed by atoms with Gasteiger partial charge < -0.3 is 15.8 Å². The standard InChI is InChI=1S/C15H16FN3O2/c16-9-3-4-11-10(7-9)13(20)12(15(21)19-11)14(17)18-6-5-8-1-2-8/h3-4,7-8H,1-2,5-6H2,(H2,17,18)(H2,19,20,21). The average Bonchev–Trinajstić information content (AvgIpc) is 3.24. The van der Waals surface area contributed by atoms with Crippen molar-refractivity contribution in [1.82, 2.24) is 4.98 Å². The molecule has 0 unspecified atom stereocenters. The smallest absolute Gasteiger partial charge is 0.263 e. The van der Waals surface area contributed by atoms with Crippen molar-refractivity contribution in [2.24, 2.45) is 16.6 Å². The zero-order valence-corrected chi connectivity index (χ0v) is 11.4. The number of nitrogens with two attached hydrogens (primary N) is 1. The van der Waals surface area contributed by atoms with Gasteiger partial charge in [0.2, 0.25) is 0 Å². The number of nitrogens with zero attached hydrogens (tertiary/aromatic N) is 1. The Bertz CT molecular complexity index is 778. The molecule has 1 aromatic carbocycles. The number of aromatic amines is 1. The van der Waals surface area contributed by atoms with Gasteiger partial charge in [-0.05, 0) is 30.5 Å². The van der Waals surface area contributed by atoms with Gasteiger partial charge in [-0.25, -0.2) is 4.39 Å². The second-order valence-electron chi connectivity index (χ2n) is 5.37. The molecule has 1 heterocycles. The van der Waals surface area contributed by atoms with Crippen molar-refractivity contribution in [3.63, 3.8) is 0 Å². The van der Waals surface area contributed by atoms with Crippen LogP contribution >= 0.6 is 0 Å². The van der Waals surface area contributed by atoms with E-state index in [0.29, 0.717) is 18.0 Å². The SMILES string of the molecule is NC(=NCCC1CC1)c1c(O)c2cc(F)ccc2[nH]c1=O. The number of aromatic nitrogens is 1. The highest BCUT2D eigenvalue weighted by atomic mass is 19.1. The van der Waals surface area contributed by atoms with E-state index in [4.69, 9.17) is 5.73 Å². The summed E-state index contributed by atoms with van der Waals surface area (Å²) < 4.78 is 13.3. The number of H-pyrrole nitrogens is 1. The fourth-order valence-electron chi connectivity index (χ4n) is 2.34. The summed E-state index contributed by atoms with van der Waals surface area (Å²) in [5.41, 5.74) is 5.54. The van der Waals surface area contributed by atoms with E-state index in [1.54, 1.807) is 0 Å². The summed E-state index contributed by atoms with van der Waals surface area (Å²) in [5, 5.41) is 10.4. The lowest BCUT2D eigenvalue weighted by atomic mass is 10.1. The molecule has 0 radical (unpaired) electrons. The Morgan fingerprint density at radius 3 is 2.95 bits per heavy atom. The number of benzene rings is 1. The van der Waals surface area contributed by atoms with Gasteiger partial charge in [0.1, 0.15) is 23.0 Å². The molecule has 6 heteroatoms. The Morgan fingerprint density at radius 2 is 2.24 bits per heavy atom. The topological polar surface area (TPSA) is 91.5 Å². The molecule has 0 bridgehead atoms. The summed E-state index contributed by atoms with van der Waals surface area (Å²) in [6.07, 6.45) is 3.37. The molecule has 0 amide bonds. The summed E-state index contributed by atoms with van der Waals surface area (Å²) in [5.74, 6) is -0.138. The third-order valence-electron chi connectivity index (χ3n) is 3.72. The van der Waals surface area contributed by atoms with Crippen LogP contribution < -0.4 is 11.3 Å². The maximum atomic E-state index is 13.3. The molecule has 1 aliphatic rings. The molecule has 2 aromatic rings. The second kappa shape index (κ2) is 5.20. The number of hydrogen-bond donors (Lipinski definition) is 3. The van der Waals surface area contributed by atoms with Crippen LogP contribution in [0.2, 0.25) is 0 Å². The number of fused-ring (bicyclic) bond motifs is 1. The molecule has 1 aromatic heterocycles. The largest absolute Gasteiger partial charge is 0.506 e. The zero-order chi connectivity index (χ0) is 15.0. The van der Waals surface area contributed by atoms with E-state index in [1.807, 2.05) is 0 Å². The molecule has 0 atom stereocenters. The number of hydrogen-bond acceptors (Lipinski definition) is 3. The average molecular weight is 289 g/mol. The molecular weight excluding hydrogens is 273 g/mol. The third-order valence-corrected chi connectivity index (χ3v) is 3.72. The maximum absolute atomic E-state index is 13.3. The highest BCUT2D eigenvalue weighted by Crippen LogP contribution is 2.32. The first-order valence-electron chi connectivity index (χ1n) is 6.91. The van der Waals surface area contributed by atoms with Crippen LogP contribution in [0.25, 0.3) is 10.9 Å². The first-order valence-corrected chi connectivity index (χ1v) is 6.91. The van der Waals surface area contributed by atoms with Gasteiger partial charge in [0.25, 0.3) is 5.56 Å². The van der Waals surface area contributed by atoms with Gasteiger partial charge in [0, 0.05) is 11.9 Å². The lowest BCUT2D eigenvalue weighted by Gasteiger charge is -2.07. The van der Waals surface area contributed by atoms with Crippen molar-refractivity contribution in [2.75, 3.05) is 6.54 Å². The third kappa shape index (κ3) is 2.74. The van der Waals surface area contributed by atoms with Crippen LogP contribution in [0, 0.1) is 11.7 Å². The summed E-state index contributed by atoms with van der Waals surface area (Å²) in [4.78, 5) is 18.7.